The molecule has 1 fully saturated rings. The van der Waals surface area contributed by atoms with Crippen LogP contribution in [0.5, 0.6) is 0 Å². The third-order valence-corrected chi connectivity index (χ3v) is 6.27. The minimum Gasteiger partial charge on any atom is -0.355 e. The first-order valence-electron chi connectivity index (χ1n) is 9.47. The molecule has 1 aromatic carbocycles. The van der Waals surface area contributed by atoms with E-state index in [0.717, 1.165) is 48.9 Å². The molecule has 0 bridgehead atoms. The van der Waals surface area contributed by atoms with Crippen molar-refractivity contribution in [2.24, 2.45) is 5.92 Å². The van der Waals surface area contributed by atoms with Crippen LogP contribution in [0.4, 0.5) is 0 Å². The summed E-state index contributed by atoms with van der Waals surface area (Å²) in [6, 6.07) is 8.64. The lowest BCUT2D eigenvalue weighted by Crippen LogP contribution is -2.45. The number of piperidine rings is 1. The van der Waals surface area contributed by atoms with Crippen LogP contribution in [-0.2, 0) is 11.2 Å². The molecule has 0 spiro atoms. The number of thiazole rings is 1. The quantitative estimate of drug-likeness (QED) is 0.816. The SMILES string of the molecule is CC1CCN([C@H](C)CNC(=O)CCCc2nc3ccccc3s2)CC1. The number of hydrogen-bond acceptors (Lipinski definition) is 4. The summed E-state index contributed by atoms with van der Waals surface area (Å²) in [4.78, 5) is 19.2. The molecule has 3 rings (SSSR count). The van der Waals surface area contributed by atoms with E-state index < -0.39 is 0 Å². The predicted octanol–water partition coefficient (Wildman–Crippen LogP) is 3.86. The molecule has 0 radical (unpaired) electrons. The molecule has 25 heavy (non-hydrogen) atoms. The van der Waals surface area contributed by atoms with E-state index in [0.29, 0.717) is 12.5 Å². The number of hydrogen-bond donors (Lipinski definition) is 1. The Bertz CT molecular complexity index is 658. The van der Waals surface area contributed by atoms with Crippen LogP contribution in [0.1, 0.15) is 44.5 Å². The number of carbonyl (C=O) groups is 1. The van der Waals surface area contributed by atoms with Crippen molar-refractivity contribution in [1.29, 1.82) is 0 Å². The number of fused-ring (bicyclic) bond motifs is 1. The summed E-state index contributed by atoms with van der Waals surface area (Å²) in [6.45, 7) is 7.63. The van der Waals surface area contributed by atoms with Gasteiger partial charge in [-0.2, -0.15) is 0 Å². The summed E-state index contributed by atoms with van der Waals surface area (Å²) in [5.41, 5.74) is 1.07. The summed E-state index contributed by atoms with van der Waals surface area (Å²) in [5, 5.41) is 4.24. The molecule has 4 nitrogen and oxygen atoms in total. The van der Waals surface area contributed by atoms with Crippen molar-refractivity contribution in [1.82, 2.24) is 15.2 Å². The third kappa shape index (κ3) is 5.25. The van der Waals surface area contributed by atoms with Crippen molar-refractivity contribution >= 4 is 27.5 Å². The fraction of sp³-hybridized carbons (Fsp3) is 0.600. The number of nitrogens with zero attached hydrogens (tertiary/aromatic N) is 2. The predicted molar refractivity (Wildman–Crippen MR) is 105 cm³/mol. The third-order valence-electron chi connectivity index (χ3n) is 5.17. The van der Waals surface area contributed by atoms with E-state index >= 15 is 0 Å². The van der Waals surface area contributed by atoms with Crippen molar-refractivity contribution < 1.29 is 4.79 Å². The van der Waals surface area contributed by atoms with Crippen LogP contribution in [0.15, 0.2) is 24.3 Å². The monoisotopic (exact) mass is 359 g/mol. The van der Waals surface area contributed by atoms with Gasteiger partial charge in [0.2, 0.25) is 5.91 Å². The molecular formula is C20H29N3OS. The smallest absolute Gasteiger partial charge is 0.220 e. The highest BCUT2D eigenvalue weighted by atomic mass is 32.1. The fourth-order valence-corrected chi connectivity index (χ4v) is 4.38. The molecule has 1 amide bonds. The van der Waals surface area contributed by atoms with E-state index in [1.165, 1.54) is 17.5 Å². The molecule has 0 saturated carbocycles. The largest absolute Gasteiger partial charge is 0.355 e. The summed E-state index contributed by atoms with van der Waals surface area (Å²) in [5.74, 6) is 1.01. The van der Waals surface area contributed by atoms with Crippen LogP contribution in [0.25, 0.3) is 10.2 Å². The fourth-order valence-electron chi connectivity index (χ4n) is 3.38. The summed E-state index contributed by atoms with van der Waals surface area (Å²) < 4.78 is 1.23. The maximum absolute atomic E-state index is 12.1. The second-order valence-corrected chi connectivity index (χ2v) is 8.42. The minimum absolute atomic E-state index is 0.165. The van der Waals surface area contributed by atoms with Crippen LogP contribution in [0, 0.1) is 5.92 Å². The number of aromatic nitrogens is 1. The topological polar surface area (TPSA) is 45.2 Å². The number of aryl methyl sites for hydroxylation is 1. The van der Waals surface area contributed by atoms with E-state index in [2.05, 4.69) is 35.1 Å². The van der Waals surface area contributed by atoms with Gasteiger partial charge in [0.15, 0.2) is 0 Å². The second kappa shape index (κ2) is 8.77. The zero-order valence-corrected chi connectivity index (χ0v) is 16.1. The van der Waals surface area contributed by atoms with Crippen molar-refractivity contribution in [3.63, 3.8) is 0 Å². The van der Waals surface area contributed by atoms with Crippen LogP contribution in [-0.4, -0.2) is 41.5 Å². The van der Waals surface area contributed by atoms with Gasteiger partial charge < -0.3 is 5.32 Å². The maximum Gasteiger partial charge on any atom is 0.220 e. The van der Waals surface area contributed by atoms with Crippen LogP contribution in [0.3, 0.4) is 0 Å². The Morgan fingerprint density at radius 1 is 1.36 bits per heavy atom. The van der Waals surface area contributed by atoms with Gasteiger partial charge in [-0.25, -0.2) is 4.98 Å². The normalized spacial score (nSPS) is 17.7. The Morgan fingerprint density at radius 2 is 2.12 bits per heavy atom. The number of rotatable bonds is 7. The van der Waals surface area contributed by atoms with Gasteiger partial charge in [-0.05, 0) is 63.7 Å². The first-order valence-corrected chi connectivity index (χ1v) is 10.3. The summed E-state index contributed by atoms with van der Waals surface area (Å²) >= 11 is 1.74. The van der Waals surface area contributed by atoms with Crippen molar-refractivity contribution in [2.45, 2.75) is 52.0 Å². The first-order chi connectivity index (χ1) is 12.1. The van der Waals surface area contributed by atoms with Crippen LogP contribution < -0.4 is 5.32 Å². The maximum atomic E-state index is 12.1. The molecule has 1 N–H and O–H groups in total. The van der Waals surface area contributed by atoms with Crippen LogP contribution in [0.2, 0.25) is 0 Å². The van der Waals surface area contributed by atoms with Gasteiger partial charge in [-0.1, -0.05) is 19.1 Å². The zero-order chi connectivity index (χ0) is 17.6. The van der Waals surface area contributed by atoms with Gasteiger partial charge >= 0.3 is 0 Å². The first kappa shape index (κ1) is 18.3. The van der Waals surface area contributed by atoms with Crippen molar-refractivity contribution in [3.8, 4) is 0 Å². The molecule has 0 unspecified atom stereocenters. The van der Waals surface area contributed by atoms with Gasteiger partial charge in [0.05, 0.1) is 15.2 Å². The van der Waals surface area contributed by atoms with Gasteiger partial charge in [0.1, 0.15) is 0 Å². The number of nitrogens with one attached hydrogen (secondary N) is 1. The van der Waals surface area contributed by atoms with E-state index in [-0.39, 0.29) is 5.91 Å². The molecule has 2 aromatic rings. The molecule has 1 saturated heterocycles. The van der Waals surface area contributed by atoms with Gasteiger partial charge in [-0.3, -0.25) is 9.69 Å². The number of benzene rings is 1. The molecular weight excluding hydrogens is 330 g/mol. The van der Waals surface area contributed by atoms with E-state index in [9.17, 15) is 4.79 Å². The molecule has 1 aliphatic heterocycles. The molecule has 0 aliphatic carbocycles. The van der Waals surface area contributed by atoms with Gasteiger partial charge in [-0.15, -0.1) is 11.3 Å². The standard InChI is InChI=1S/C20H29N3OS/c1-15-10-12-23(13-11-15)16(2)14-21-19(24)8-5-9-20-22-17-6-3-4-7-18(17)25-20/h3-4,6-7,15-16H,5,8-14H2,1-2H3,(H,21,24)/t16-/m1/s1. The summed E-state index contributed by atoms with van der Waals surface area (Å²) in [7, 11) is 0. The summed E-state index contributed by atoms with van der Waals surface area (Å²) in [6.07, 6.45) is 4.88. The lowest BCUT2D eigenvalue weighted by Gasteiger charge is -2.35. The highest BCUT2D eigenvalue weighted by Gasteiger charge is 2.20. The number of carbonyl (C=O) groups excluding carboxylic acids is 1. The Hall–Kier alpha value is -1.46. The van der Waals surface area contributed by atoms with Crippen LogP contribution >= 0.6 is 11.3 Å². The molecule has 2 heterocycles. The Morgan fingerprint density at radius 3 is 2.88 bits per heavy atom. The zero-order valence-electron chi connectivity index (χ0n) is 15.3. The van der Waals surface area contributed by atoms with Gasteiger partial charge in [0, 0.05) is 19.0 Å². The number of likely N-dealkylation sites (tertiary alicyclic amines) is 1. The molecule has 136 valence electrons. The lowest BCUT2D eigenvalue weighted by atomic mass is 9.98. The van der Waals surface area contributed by atoms with E-state index in [1.54, 1.807) is 11.3 Å². The Kier molecular flexibility index (Phi) is 6.43. The Labute approximate surface area is 154 Å². The van der Waals surface area contributed by atoms with Crippen molar-refractivity contribution in [2.75, 3.05) is 19.6 Å². The molecule has 1 atom stereocenters. The molecule has 1 aliphatic rings. The van der Waals surface area contributed by atoms with Crippen molar-refractivity contribution in [3.05, 3.63) is 29.3 Å². The average Bonchev–Trinajstić information content (AvgIpc) is 3.03. The second-order valence-electron chi connectivity index (χ2n) is 7.30. The number of para-hydroxylation sites is 1. The Balaban J connectivity index is 1.35. The highest BCUT2D eigenvalue weighted by Crippen LogP contribution is 2.22. The van der Waals surface area contributed by atoms with E-state index in [1.807, 2.05) is 18.2 Å². The van der Waals surface area contributed by atoms with Gasteiger partial charge in [0.25, 0.3) is 0 Å². The average molecular weight is 360 g/mol. The lowest BCUT2D eigenvalue weighted by molar-refractivity contribution is -0.121. The van der Waals surface area contributed by atoms with E-state index in [4.69, 9.17) is 0 Å². The number of amides is 1. The molecule has 5 heteroatoms. The molecule has 1 aromatic heterocycles. The highest BCUT2D eigenvalue weighted by molar-refractivity contribution is 7.18. The minimum atomic E-state index is 0.165.